The second-order valence-corrected chi connectivity index (χ2v) is 15.3. The molecule has 0 spiro atoms. The van der Waals surface area contributed by atoms with Crippen LogP contribution in [0.15, 0.2) is 83.4 Å². The number of rotatable bonds is 2. The minimum Gasteiger partial charge on any atom is -0.454 e. The van der Waals surface area contributed by atoms with E-state index in [1.807, 2.05) is 24.3 Å². The van der Waals surface area contributed by atoms with Crippen LogP contribution in [-0.4, -0.2) is 8.07 Å². The predicted octanol–water partition coefficient (Wildman–Crippen LogP) is 7.18. The maximum Gasteiger partial charge on any atom is 0.219 e. The molecule has 2 aromatic heterocycles. The van der Waals surface area contributed by atoms with Gasteiger partial charge in [0.2, 0.25) is 5.69 Å². The highest BCUT2D eigenvalue weighted by Crippen LogP contribution is 2.42. The van der Waals surface area contributed by atoms with Crippen LogP contribution < -0.4 is 14.9 Å². The van der Waals surface area contributed by atoms with Gasteiger partial charge in [-0.15, -0.1) is 0 Å². The van der Waals surface area contributed by atoms with Gasteiger partial charge in [-0.25, -0.2) is 8.96 Å². The Hall–Kier alpha value is -4.53. The summed E-state index contributed by atoms with van der Waals surface area (Å²) in [5, 5.41) is 14.3. The Kier molecular flexibility index (Phi) is 4.14. The molecular weight excluding hydrogens is 511 g/mol. The molecule has 1 aliphatic rings. The lowest BCUT2D eigenvalue weighted by atomic mass is 9.94. The molecule has 5 heteroatoms. The maximum absolute atomic E-state index is 15.5. The van der Waals surface area contributed by atoms with Crippen LogP contribution in [0.4, 0.5) is 4.39 Å². The molecule has 6 aromatic rings. The number of aromatic nitrogens is 1. The van der Waals surface area contributed by atoms with Gasteiger partial charge in [0, 0.05) is 32.1 Å². The van der Waals surface area contributed by atoms with Crippen molar-refractivity contribution in [2.45, 2.75) is 26.9 Å². The van der Waals surface area contributed by atoms with Crippen molar-refractivity contribution in [3.05, 3.63) is 101 Å². The fraction of sp³-hybridized carbons (Fsp3) is 0.143. The van der Waals surface area contributed by atoms with Gasteiger partial charge in [-0.2, -0.15) is 5.26 Å². The van der Waals surface area contributed by atoms with E-state index in [2.05, 4.69) is 55.6 Å². The molecule has 0 saturated heterocycles. The highest BCUT2D eigenvalue weighted by Gasteiger charge is 2.37. The van der Waals surface area contributed by atoms with E-state index >= 15 is 4.39 Å². The summed E-state index contributed by atoms with van der Waals surface area (Å²) in [4.78, 5) is 0. The molecule has 7 rings (SSSR count). The van der Waals surface area contributed by atoms with Crippen molar-refractivity contribution in [3.8, 4) is 39.6 Å². The lowest BCUT2D eigenvalue weighted by molar-refractivity contribution is -0.661. The van der Waals surface area contributed by atoms with E-state index in [0.29, 0.717) is 38.8 Å². The Morgan fingerprint density at radius 3 is 2.42 bits per heavy atom. The van der Waals surface area contributed by atoms with Crippen molar-refractivity contribution in [2.75, 3.05) is 0 Å². The third kappa shape index (κ3) is 3.30. The van der Waals surface area contributed by atoms with Crippen molar-refractivity contribution >= 4 is 40.4 Å². The normalized spacial score (nSPS) is 15.6. The smallest absolute Gasteiger partial charge is 0.219 e. The fourth-order valence-corrected chi connectivity index (χ4v) is 9.39. The van der Waals surface area contributed by atoms with Crippen molar-refractivity contribution in [3.63, 3.8) is 0 Å². The highest BCUT2D eigenvalue weighted by atomic mass is 28.3. The number of benzene rings is 4. The average Bonchev–Trinajstić information content (AvgIpc) is 3.48. The maximum atomic E-state index is 15.5. The molecule has 0 radical (unpaired) electrons. The number of furan rings is 1. The van der Waals surface area contributed by atoms with Gasteiger partial charge < -0.3 is 4.42 Å². The van der Waals surface area contributed by atoms with E-state index in [-0.39, 0.29) is 5.69 Å². The zero-order chi connectivity index (χ0) is 32.2. The molecule has 4 aromatic carbocycles. The van der Waals surface area contributed by atoms with Crippen molar-refractivity contribution in [1.29, 1.82) is 5.26 Å². The van der Waals surface area contributed by atoms with E-state index in [0.717, 1.165) is 10.9 Å². The van der Waals surface area contributed by atoms with Crippen LogP contribution in [0.5, 0.6) is 0 Å². The quantitative estimate of drug-likeness (QED) is 0.171. The number of hydrogen-bond donors (Lipinski definition) is 0. The van der Waals surface area contributed by atoms with Gasteiger partial charge in [-0.1, -0.05) is 67.7 Å². The average molecular weight is 545 g/mol. The summed E-state index contributed by atoms with van der Waals surface area (Å²) in [6.45, 7) is 3.57. The molecule has 0 aliphatic carbocycles. The number of hydrogen-bond acceptors (Lipinski definition) is 2. The van der Waals surface area contributed by atoms with Crippen LogP contribution in [0.1, 0.15) is 23.5 Å². The number of aryl methyl sites for hydroxylation is 1. The molecular formula is C35H28FN2OSi+. The molecule has 0 atom stereocenters. The first kappa shape index (κ1) is 19.5. The molecule has 0 bridgehead atoms. The Morgan fingerprint density at radius 1 is 0.925 bits per heavy atom. The first-order valence-electron chi connectivity index (χ1n) is 15.6. The van der Waals surface area contributed by atoms with Gasteiger partial charge in [-0.05, 0) is 58.5 Å². The van der Waals surface area contributed by atoms with Gasteiger partial charge in [0.1, 0.15) is 33.5 Å². The standard InChI is InChI=1S/C35H28FN2OSi/c1-20-10-13-26-27-15-12-23(18-37)33(35(27)39-34(26)32(20)29-17-28(36)21(2)19-38(29)3)22-11-14-25-24-8-6-7-9-30(24)40(4,5)31(25)16-22/h6-17,19H,1-5H3/q+1/i2D3,17D,19D. The minimum atomic E-state index is -2.90. The monoisotopic (exact) mass is 544 g/mol. The van der Waals surface area contributed by atoms with Crippen LogP contribution in [0.25, 0.3) is 55.4 Å². The van der Waals surface area contributed by atoms with E-state index in [4.69, 9.17) is 11.3 Å². The molecule has 0 unspecified atom stereocenters. The first-order valence-corrected chi connectivity index (χ1v) is 16.1. The molecule has 194 valence electrons. The number of fused-ring (bicyclic) bond motifs is 6. The second kappa shape index (κ2) is 8.48. The van der Waals surface area contributed by atoms with E-state index in [9.17, 15) is 5.26 Å². The number of nitriles is 1. The van der Waals surface area contributed by atoms with Gasteiger partial charge in [0.25, 0.3) is 0 Å². The summed E-state index contributed by atoms with van der Waals surface area (Å²) in [6.07, 6.45) is -0.538. The Balaban J connectivity index is 1.53. The van der Waals surface area contributed by atoms with Gasteiger partial charge in [-0.3, -0.25) is 0 Å². The molecule has 3 heterocycles. The summed E-state index contributed by atoms with van der Waals surface area (Å²) >= 11 is 0. The van der Waals surface area contributed by atoms with Crippen molar-refractivity contribution < 1.29 is 20.2 Å². The minimum absolute atomic E-state index is 0.0396. The Morgan fingerprint density at radius 2 is 1.65 bits per heavy atom. The van der Waals surface area contributed by atoms with Gasteiger partial charge >= 0.3 is 0 Å². The lowest BCUT2D eigenvalue weighted by Crippen LogP contribution is -2.49. The van der Waals surface area contributed by atoms with E-state index in [1.54, 1.807) is 13.0 Å². The molecule has 1 aliphatic heterocycles. The van der Waals surface area contributed by atoms with Crippen LogP contribution in [-0.2, 0) is 7.05 Å². The molecule has 0 N–H and O–H groups in total. The highest BCUT2D eigenvalue weighted by molar-refractivity contribution is 7.03. The fourth-order valence-electron chi connectivity index (χ4n) is 6.29. The molecule has 0 amide bonds. The van der Waals surface area contributed by atoms with Crippen LogP contribution in [0.2, 0.25) is 13.1 Å². The zero-order valence-electron chi connectivity index (χ0n) is 27.5. The first-order chi connectivity index (χ1) is 21.3. The van der Waals surface area contributed by atoms with Crippen molar-refractivity contribution in [2.24, 2.45) is 7.05 Å². The molecule has 40 heavy (non-hydrogen) atoms. The third-order valence-corrected chi connectivity index (χ3v) is 11.9. The molecule has 3 nitrogen and oxygen atoms in total. The topological polar surface area (TPSA) is 40.8 Å². The zero-order valence-corrected chi connectivity index (χ0v) is 23.5. The predicted molar refractivity (Wildman–Crippen MR) is 162 cm³/mol. The van der Waals surface area contributed by atoms with E-state index < -0.39 is 38.5 Å². The summed E-state index contributed by atoms with van der Waals surface area (Å²) in [5.41, 5.74) is 5.58. The third-order valence-electron chi connectivity index (χ3n) is 8.31. The summed E-state index contributed by atoms with van der Waals surface area (Å²) in [6, 6.07) is 23.9. The Bertz CT molecular complexity index is 2290. The summed E-state index contributed by atoms with van der Waals surface area (Å²) in [7, 11) is -0.548. The Labute approximate surface area is 240 Å². The number of pyridine rings is 1. The van der Waals surface area contributed by atoms with Crippen LogP contribution in [0, 0.1) is 30.9 Å². The van der Waals surface area contributed by atoms with Gasteiger partial charge in [0.15, 0.2) is 6.17 Å². The largest absolute Gasteiger partial charge is 0.454 e. The molecule has 0 fully saturated rings. The number of halogens is 1. The molecule has 0 saturated carbocycles. The van der Waals surface area contributed by atoms with Crippen LogP contribution in [0.3, 0.4) is 0 Å². The van der Waals surface area contributed by atoms with Crippen LogP contribution >= 0.6 is 0 Å². The number of nitrogens with zero attached hydrogens (tertiary/aromatic N) is 2. The summed E-state index contributed by atoms with van der Waals surface area (Å²) < 4.78 is 63.9. The van der Waals surface area contributed by atoms with Gasteiger partial charge in [0.05, 0.1) is 18.6 Å². The summed E-state index contributed by atoms with van der Waals surface area (Å²) in [5.74, 6) is -1.25. The van der Waals surface area contributed by atoms with Crippen molar-refractivity contribution in [1.82, 2.24) is 0 Å². The lowest BCUT2D eigenvalue weighted by Gasteiger charge is -2.19. The second-order valence-electron chi connectivity index (χ2n) is 11.0. The SMILES string of the molecule is [2H]c1c(F)c(C([2H])([2H])[2H])c([2H])[n+](C)c1-c1c(C)ccc2c1oc1c(-c3ccc4c(c3)[Si](C)(C)c3ccccc3-4)c(C#N)ccc12. The van der Waals surface area contributed by atoms with E-state index in [1.165, 1.54) is 33.1 Å².